The molecule has 25 heavy (non-hydrogen) atoms. The van der Waals surface area contributed by atoms with Crippen molar-refractivity contribution in [1.82, 2.24) is 0 Å². The zero-order valence-electron chi connectivity index (χ0n) is 13.9. The smallest absolute Gasteiger partial charge is 0.189 e. The van der Waals surface area contributed by atoms with E-state index < -0.39 is 11.9 Å². The van der Waals surface area contributed by atoms with Gasteiger partial charge in [0.2, 0.25) is 0 Å². The minimum absolute atomic E-state index is 0.00227. The molecule has 7 nitrogen and oxygen atoms in total. The Balaban J connectivity index is 2.20. The normalized spacial score (nSPS) is 19.5. The molecule has 1 aliphatic heterocycles. The van der Waals surface area contributed by atoms with Gasteiger partial charge in [-0.25, -0.2) is 0 Å². The molecule has 0 radical (unpaired) electrons. The number of hydrogen-bond acceptors (Lipinski definition) is 7. The van der Waals surface area contributed by atoms with Gasteiger partial charge in [0.25, 0.3) is 0 Å². The van der Waals surface area contributed by atoms with Crippen molar-refractivity contribution in [2.75, 3.05) is 20.8 Å². The summed E-state index contributed by atoms with van der Waals surface area (Å²) in [5.74, 6) is -0.260. The predicted octanol–water partition coefficient (Wildman–Crippen LogP) is 1.76. The van der Waals surface area contributed by atoms with Crippen LogP contribution in [0, 0.1) is 0 Å². The van der Waals surface area contributed by atoms with Crippen molar-refractivity contribution >= 4 is 0 Å². The molecule has 7 heteroatoms. The Morgan fingerprint density at radius 3 is 2.36 bits per heavy atom. The van der Waals surface area contributed by atoms with E-state index in [9.17, 15) is 20.4 Å². The highest BCUT2D eigenvalue weighted by atomic mass is 16.7. The van der Waals surface area contributed by atoms with Gasteiger partial charge in [0.05, 0.1) is 0 Å². The number of rotatable bonds is 3. The van der Waals surface area contributed by atoms with E-state index in [0.717, 1.165) is 0 Å². The van der Waals surface area contributed by atoms with Crippen LogP contribution in [0.25, 0.3) is 11.1 Å². The Kier molecular flexibility index (Phi) is 4.47. The molecule has 134 valence electrons. The second kappa shape index (κ2) is 6.44. The van der Waals surface area contributed by atoms with E-state index in [1.54, 1.807) is 6.07 Å². The number of phenols is 3. The summed E-state index contributed by atoms with van der Waals surface area (Å²) < 4.78 is 16.1. The summed E-state index contributed by atoms with van der Waals surface area (Å²) >= 11 is 0. The van der Waals surface area contributed by atoms with Crippen LogP contribution >= 0.6 is 0 Å². The highest BCUT2D eigenvalue weighted by molar-refractivity contribution is 5.77. The molecule has 0 saturated heterocycles. The molecule has 0 saturated carbocycles. The van der Waals surface area contributed by atoms with E-state index in [4.69, 9.17) is 14.2 Å². The Morgan fingerprint density at radius 2 is 1.68 bits per heavy atom. The van der Waals surface area contributed by atoms with Crippen LogP contribution in [0.4, 0.5) is 0 Å². The van der Waals surface area contributed by atoms with Gasteiger partial charge in [0, 0.05) is 32.3 Å². The number of fused-ring (bicyclic) bond motifs is 3. The van der Waals surface area contributed by atoms with Crippen molar-refractivity contribution in [3.05, 3.63) is 35.9 Å². The average Bonchev–Trinajstić information content (AvgIpc) is 2.57. The summed E-state index contributed by atoms with van der Waals surface area (Å²) in [5, 5.41) is 40.6. The second-order valence-corrected chi connectivity index (χ2v) is 6.05. The van der Waals surface area contributed by atoms with E-state index in [0.29, 0.717) is 22.4 Å². The van der Waals surface area contributed by atoms with Gasteiger partial charge < -0.3 is 34.6 Å². The van der Waals surface area contributed by atoms with Crippen LogP contribution in [0.3, 0.4) is 0 Å². The van der Waals surface area contributed by atoms with Crippen LogP contribution in [0.1, 0.15) is 5.56 Å². The zero-order valence-corrected chi connectivity index (χ0v) is 13.9. The third-order valence-corrected chi connectivity index (χ3v) is 4.30. The fourth-order valence-electron chi connectivity index (χ4n) is 3.14. The molecular weight excluding hydrogens is 328 g/mol. The molecule has 0 unspecified atom stereocenters. The summed E-state index contributed by atoms with van der Waals surface area (Å²) in [6.07, 6.45) is -0.918. The van der Waals surface area contributed by atoms with Crippen molar-refractivity contribution in [1.29, 1.82) is 0 Å². The highest BCUT2D eigenvalue weighted by Gasteiger charge is 2.41. The summed E-state index contributed by atoms with van der Waals surface area (Å²) in [5.41, 5.74) is 0.211. The number of ether oxygens (including phenoxy) is 3. The van der Waals surface area contributed by atoms with Gasteiger partial charge in [-0.15, -0.1) is 0 Å². The summed E-state index contributed by atoms with van der Waals surface area (Å²) in [7, 11) is 2.81. The maximum Gasteiger partial charge on any atom is 0.189 e. The highest BCUT2D eigenvalue weighted by Crippen LogP contribution is 2.43. The quantitative estimate of drug-likeness (QED) is 0.494. The Bertz CT molecular complexity index is 785. The minimum Gasteiger partial charge on any atom is -0.508 e. The molecule has 0 bridgehead atoms. The maximum atomic E-state index is 11.1. The van der Waals surface area contributed by atoms with Crippen LogP contribution < -0.4 is 4.74 Å². The van der Waals surface area contributed by atoms with Crippen LogP contribution in [0.15, 0.2) is 30.3 Å². The van der Waals surface area contributed by atoms with Gasteiger partial charge in [0.15, 0.2) is 23.4 Å². The lowest BCUT2D eigenvalue weighted by Crippen LogP contribution is -2.51. The van der Waals surface area contributed by atoms with Crippen molar-refractivity contribution in [3.63, 3.8) is 0 Å². The molecule has 0 aliphatic carbocycles. The molecule has 2 aromatic rings. The topological polar surface area (TPSA) is 109 Å². The molecule has 1 heterocycles. The van der Waals surface area contributed by atoms with Crippen LogP contribution in [0.2, 0.25) is 0 Å². The van der Waals surface area contributed by atoms with Crippen LogP contribution in [-0.2, 0) is 15.9 Å². The van der Waals surface area contributed by atoms with Gasteiger partial charge in [-0.05, 0) is 35.4 Å². The number of benzene rings is 2. The van der Waals surface area contributed by atoms with Gasteiger partial charge in [-0.3, -0.25) is 0 Å². The maximum absolute atomic E-state index is 11.1. The largest absolute Gasteiger partial charge is 0.508 e. The second-order valence-electron chi connectivity index (χ2n) is 6.05. The average molecular weight is 348 g/mol. The Hall–Kier alpha value is -2.48. The Labute approximate surface area is 144 Å². The lowest BCUT2D eigenvalue weighted by Gasteiger charge is -2.36. The summed E-state index contributed by atoms with van der Waals surface area (Å²) in [4.78, 5) is 0. The van der Waals surface area contributed by atoms with Crippen molar-refractivity contribution in [2.45, 2.75) is 18.3 Å². The standard InChI is InChI=1S/C18H20O7/c1-23-17(24-2)18(22)8-10-5-14(20)15(21)7-13(10)12-4-3-11(19)6-16(12)25-9-18/h3-7,17,19-22H,8-9H2,1-2H3/t18-/m1/s1. The third kappa shape index (κ3) is 3.09. The fourth-order valence-corrected chi connectivity index (χ4v) is 3.14. The van der Waals surface area contributed by atoms with Gasteiger partial charge in [-0.2, -0.15) is 0 Å². The molecule has 1 atom stereocenters. The first-order chi connectivity index (χ1) is 11.9. The van der Waals surface area contributed by atoms with Crippen LogP contribution in [-0.4, -0.2) is 53.1 Å². The van der Waals surface area contributed by atoms with Crippen molar-refractivity contribution in [3.8, 4) is 34.1 Å². The SMILES string of the molecule is COC(OC)[C@]1(O)COc2cc(O)ccc2-c2cc(O)c(O)cc2C1. The van der Waals surface area contributed by atoms with E-state index in [1.807, 2.05) is 0 Å². The monoisotopic (exact) mass is 348 g/mol. The number of methoxy groups -OCH3 is 2. The van der Waals surface area contributed by atoms with Gasteiger partial charge >= 0.3 is 0 Å². The molecular formula is C18H20O7. The number of aromatic hydroxyl groups is 3. The number of aliphatic hydroxyl groups is 1. The van der Waals surface area contributed by atoms with Crippen LogP contribution in [0.5, 0.6) is 23.0 Å². The number of hydrogen-bond donors (Lipinski definition) is 4. The zero-order chi connectivity index (χ0) is 18.2. The molecule has 3 rings (SSSR count). The first-order valence-electron chi connectivity index (χ1n) is 7.67. The molecule has 0 spiro atoms. The fraction of sp³-hybridized carbons (Fsp3) is 0.333. The lowest BCUT2D eigenvalue weighted by atomic mass is 9.87. The lowest BCUT2D eigenvalue weighted by molar-refractivity contribution is -0.224. The number of phenolic OH excluding ortho intramolecular Hbond substituents is 3. The first kappa shape index (κ1) is 17.3. The van der Waals surface area contributed by atoms with Crippen molar-refractivity contribution < 1.29 is 34.6 Å². The Morgan fingerprint density at radius 1 is 1.00 bits per heavy atom. The van der Waals surface area contributed by atoms with Gasteiger partial charge in [-0.1, -0.05) is 0 Å². The van der Waals surface area contributed by atoms with Gasteiger partial charge in [0.1, 0.15) is 18.1 Å². The molecule has 0 aromatic heterocycles. The summed E-state index contributed by atoms with van der Waals surface area (Å²) in [6.45, 7) is -0.156. The molecule has 0 amide bonds. The molecule has 2 aromatic carbocycles. The van der Waals surface area contributed by atoms with E-state index >= 15 is 0 Å². The summed E-state index contributed by atoms with van der Waals surface area (Å²) in [6, 6.07) is 7.35. The first-order valence-corrected chi connectivity index (χ1v) is 7.67. The van der Waals surface area contributed by atoms with E-state index in [2.05, 4.69) is 0 Å². The third-order valence-electron chi connectivity index (χ3n) is 4.30. The van der Waals surface area contributed by atoms with E-state index in [1.165, 1.54) is 38.5 Å². The predicted molar refractivity (Wildman–Crippen MR) is 88.8 cm³/mol. The molecule has 1 aliphatic rings. The minimum atomic E-state index is -1.55. The molecule has 4 N–H and O–H groups in total. The molecule has 0 fully saturated rings. The van der Waals surface area contributed by atoms with Crippen molar-refractivity contribution in [2.24, 2.45) is 0 Å². The van der Waals surface area contributed by atoms with E-state index in [-0.39, 0.29) is 30.3 Å².